The van der Waals surface area contributed by atoms with Crippen LogP contribution in [-0.2, 0) is 23.7 Å². The van der Waals surface area contributed by atoms with E-state index in [2.05, 4.69) is 199 Å². The Morgan fingerprint density at radius 2 is 0.563 bits per heavy atom. The minimum atomic E-state index is -3.24. The van der Waals surface area contributed by atoms with Crippen molar-refractivity contribution in [1.82, 2.24) is 117 Å². The first kappa shape index (κ1) is 95.7. The van der Waals surface area contributed by atoms with Crippen LogP contribution in [0.4, 0.5) is 117 Å². The topological polar surface area (TPSA) is 331 Å². The van der Waals surface area contributed by atoms with Gasteiger partial charge in [-0.2, -0.15) is 92.1 Å². The van der Waals surface area contributed by atoms with Gasteiger partial charge in [0.15, 0.2) is 11.6 Å². The zero-order chi connectivity index (χ0) is 97.0. The van der Waals surface area contributed by atoms with Crippen LogP contribution in [0.25, 0.3) is 34.7 Å². The van der Waals surface area contributed by atoms with Crippen LogP contribution in [0, 0.1) is 101 Å². The van der Waals surface area contributed by atoms with Gasteiger partial charge in [0.1, 0.15) is 52.4 Å². The third-order valence-electron chi connectivity index (χ3n) is 20.8. The summed E-state index contributed by atoms with van der Waals surface area (Å²) in [6, 6.07) is 49.5. The summed E-state index contributed by atoms with van der Waals surface area (Å²) in [4.78, 5) is 49.6. The van der Waals surface area contributed by atoms with Crippen molar-refractivity contribution in [2.24, 2.45) is 0 Å². The Bertz CT molecular complexity index is 7000. The van der Waals surface area contributed by atoms with Gasteiger partial charge in [-0.25, -0.2) is 43.1 Å². The maximum atomic E-state index is 13.8. The molecule has 1 saturated carbocycles. The number of aromatic nitrogens is 24. The molecule has 700 valence electrons. The zero-order valence-corrected chi connectivity index (χ0v) is 77.0. The molecule has 0 unspecified atom stereocenters. The highest BCUT2D eigenvalue weighted by atomic mass is 19.3. The fourth-order valence-corrected chi connectivity index (χ4v) is 13.1. The van der Waals surface area contributed by atoms with E-state index in [9.17, 15) is 48.3 Å². The Morgan fingerprint density at radius 1 is 0.304 bits per heavy atom. The molecular weight excluding hydrogens is 1760 g/mol. The van der Waals surface area contributed by atoms with Crippen molar-refractivity contribution in [3.8, 4) is 0 Å². The van der Waals surface area contributed by atoms with Gasteiger partial charge in [-0.3, -0.25) is 0 Å². The van der Waals surface area contributed by atoms with Gasteiger partial charge >= 0.3 is 23.7 Å². The summed E-state index contributed by atoms with van der Waals surface area (Å²) in [6.45, 7) is 30.3. The van der Waals surface area contributed by atoms with E-state index in [1.807, 2.05) is 88.4 Å². The summed E-state index contributed by atoms with van der Waals surface area (Å²) >= 11 is 0. The van der Waals surface area contributed by atoms with E-state index in [1.165, 1.54) is 70.4 Å². The van der Waals surface area contributed by atoms with E-state index in [0.29, 0.717) is 75.9 Å². The molecule has 0 bridgehead atoms. The van der Waals surface area contributed by atoms with Gasteiger partial charge in [-0.1, -0.05) is 105 Å². The van der Waals surface area contributed by atoms with Crippen LogP contribution >= 0.6 is 0 Å². The Hall–Kier alpha value is -15.4. The summed E-state index contributed by atoms with van der Waals surface area (Å²) in [5, 5.41) is 43.4. The molecule has 135 heavy (non-hydrogen) atoms. The highest BCUT2D eigenvalue weighted by Crippen LogP contribution is 2.39. The first-order valence-electron chi connectivity index (χ1n) is 43.0. The van der Waals surface area contributed by atoms with Crippen LogP contribution in [0.3, 0.4) is 0 Å². The molecule has 0 aliphatic heterocycles. The van der Waals surface area contributed by atoms with Crippen molar-refractivity contribution in [2.75, 3.05) is 31.9 Å². The van der Waals surface area contributed by atoms with Gasteiger partial charge in [0.2, 0.25) is 23.3 Å². The van der Waals surface area contributed by atoms with Crippen LogP contribution < -0.4 is 31.9 Å². The summed E-state index contributed by atoms with van der Waals surface area (Å²) in [7, 11) is 0. The molecular formula is C94H97F11N30. The van der Waals surface area contributed by atoms with Crippen molar-refractivity contribution in [3.63, 3.8) is 0 Å². The Balaban J connectivity index is 0.000000130. The Labute approximate surface area is 767 Å². The molecule has 0 atom stereocenters. The molecule has 1 fully saturated rings. The van der Waals surface area contributed by atoms with Crippen LogP contribution in [-0.4, -0.2) is 117 Å². The lowest BCUT2D eigenvalue weighted by Crippen LogP contribution is -2.14. The molecule has 0 radical (unpaired) electrons. The second kappa shape index (κ2) is 39.2. The molecule has 6 aromatic carbocycles. The van der Waals surface area contributed by atoms with E-state index in [0.717, 1.165) is 92.1 Å². The van der Waals surface area contributed by atoms with E-state index >= 15 is 0 Å². The number of nitrogens with one attached hydrogen (secondary N) is 6. The lowest BCUT2D eigenvalue weighted by atomic mass is 10.2. The van der Waals surface area contributed by atoms with Gasteiger partial charge < -0.3 is 31.9 Å². The quantitative estimate of drug-likeness (QED) is 0.0386. The Kier molecular flexibility index (Phi) is 27.8. The molecule has 12 heterocycles. The lowest BCUT2D eigenvalue weighted by molar-refractivity contribution is -0.0177. The first-order chi connectivity index (χ1) is 63.9. The SMILES string of the molecule is CCC(F)(F)c1nc2nc(C)cc(Nc3ccc(C)cc3)n2n1.CCC(F)(F)c1nc2nc(C)cc(Nc3ccc(C)cc3)n2n1.Cc1cc(Nc2cc(F)c(C)c(F)c2)n2nc(C(C)(F)F)nc2n1.Cc1cc(Nc2ccc(C)c(F)c2)n2nc(C(C)(F)F)nc2n1.Cc1ccc(Nc2cc(C)nc3nc(C(C)C)nn23)cc1.Cc1ccc(Nc2cc(C)nc3nc(C4CC4)nn23)cc1. The third-order valence-corrected chi connectivity index (χ3v) is 20.8. The van der Waals surface area contributed by atoms with Gasteiger partial charge in [-0.15, -0.1) is 30.6 Å². The van der Waals surface area contributed by atoms with Crippen molar-refractivity contribution < 1.29 is 48.3 Å². The molecule has 0 saturated heterocycles. The Morgan fingerprint density at radius 3 is 0.859 bits per heavy atom. The highest BCUT2D eigenvalue weighted by Gasteiger charge is 2.38. The van der Waals surface area contributed by atoms with Crippen molar-refractivity contribution in [2.45, 2.75) is 186 Å². The summed E-state index contributed by atoms with van der Waals surface area (Å²) in [5.41, 5.74) is 13.7. The lowest BCUT2D eigenvalue weighted by Gasteiger charge is -2.10. The third kappa shape index (κ3) is 23.4. The minimum Gasteiger partial charge on any atom is -0.340 e. The monoisotopic (exact) mass is 1850 g/mol. The highest BCUT2D eigenvalue weighted by molar-refractivity contribution is 5.65. The fraction of sp³-hybridized carbons (Fsp3) is 0.298. The van der Waals surface area contributed by atoms with Crippen molar-refractivity contribution in [3.05, 3.63) is 284 Å². The second-order valence-electron chi connectivity index (χ2n) is 33.2. The number of hydrogen-bond acceptors (Lipinski definition) is 24. The number of halogens is 11. The number of benzene rings is 6. The predicted octanol–water partition coefficient (Wildman–Crippen LogP) is 22.6. The van der Waals surface area contributed by atoms with Crippen LogP contribution in [0.15, 0.2) is 164 Å². The van der Waals surface area contributed by atoms with Gasteiger partial charge in [0.05, 0.1) is 0 Å². The van der Waals surface area contributed by atoms with E-state index < -0.39 is 58.6 Å². The fourth-order valence-electron chi connectivity index (χ4n) is 13.1. The number of nitrogens with zero attached hydrogens (tertiary/aromatic N) is 24. The van der Waals surface area contributed by atoms with Gasteiger partial charge in [0, 0.05) is 149 Å². The number of hydrogen-bond donors (Lipinski definition) is 6. The predicted molar refractivity (Wildman–Crippen MR) is 493 cm³/mol. The normalized spacial score (nSPS) is 12.2. The summed E-state index contributed by atoms with van der Waals surface area (Å²) < 4.78 is 158. The number of aryl methyl sites for hydroxylation is 11. The molecule has 0 amide bonds. The summed E-state index contributed by atoms with van der Waals surface area (Å²) in [6.07, 6.45) is 1.67. The second-order valence-corrected chi connectivity index (χ2v) is 33.2. The van der Waals surface area contributed by atoms with E-state index in [1.54, 1.807) is 74.0 Å². The van der Waals surface area contributed by atoms with Crippen LogP contribution in [0.2, 0.25) is 0 Å². The molecule has 12 aromatic heterocycles. The van der Waals surface area contributed by atoms with Crippen LogP contribution in [0.5, 0.6) is 0 Å². The molecule has 1 aliphatic rings. The molecule has 19 rings (SSSR count). The van der Waals surface area contributed by atoms with E-state index in [-0.39, 0.29) is 64.8 Å². The van der Waals surface area contributed by atoms with Crippen molar-refractivity contribution >= 4 is 104 Å². The van der Waals surface area contributed by atoms with Crippen molar-refractivity contribution in [1.29, 1.82) is 0 Å². The number of fused-ring (bicyclic) bond motifs is 6. The largest absolute Gasteiger partial charge is 0.340 e. The summed E-state index contributed by atoms with van der Waals surface area (Å²) in [5.74, 6) is -9.07. The number of rotatable bonds is 20. The molecule has 1 aliphatic carbocycles. The molecule has 18 aromatic rings. The van der Waals surface area contributed by atoms with Gasteiger partial charge in [-0.05, 0) is 174 Å². The van der Waals surface area contributed by atoms with E-state index in [4.69, 9.17) is 0 Å². The first-order valence-corrected chi connectivity index (χ1v) is 43.0. The zero-order valence-electron chi connectivity index (χ0n) is 77.0. The molecule has 0 spiro atoms. The average molecular weight is 1860 g/mol. The number of alkyl halides is 8. The maximum Gasteiger partial charge on any atom is 0.308 e. The average Bonchev–Trinajstić information content (AvgIpc) is 1.59. The molecule has 41 heteroatoms. The number of anilines is 12. The van der Waals surface area contributed by atoms with Crippen LogP contribution in [0.1, 0.15) is 182 Å². The smallest absolute Gasteiger partial charge is 0.308 e. The molecule has 6 N–H and O–H groups in total. The molecule has 30 nitrogen and oxygen atoms in total. The maximum absolute atomic E-state index is 13.8. The standard InChI is InChI=1S/2C16H17F2N5.C16H17N5.C16H19N5.C15H13F4N5.C15H14F3N5/c2*1-4-16(17,18)14-21-15-19-11(3)9-13(23(15)22-14)20-12-7-5-10(2)6-8-12;1-10-3-7-13(8-4-10)18-14-9-11(2)17-16-19-15(12-5-6-12)20-21(14)16;1-10(2)15-19-16-17-12(4)9-14(21(16)20-15)18-13-7-5-11(3)6-8-13;1-7-4-12(21-9-5-10(16)8(2)11(17)6-9)24-14(20-7)22-13(23-24)15(3,18)19;1-8-4-5-10(7-11(8)16)20-12-6-9(2)19-14-21-13(15(3,17)18)22-23(12)14/h2*5-9,20H,4H2,1-3H3;3-4,7-9,12,18H,5-6H2,1-2H3;5-10,18H,1-4H3;4-6,21H,1-3H3;4-7,20H,1-3H3. The van der Waals surface area contributed by atoms with Gasteiger partial charge in [0.25, 0.3) is 34.7 Å². The minimum absolute atomic E-state index is 0.0397.